The van der Waals surface area contributed by atoms with E-state index in [2.05, 4.69) is 5.32 Å². The second-order valence-corrected chi connectivity index (χ2v) is 3.19. The van der Waals surface area contributed by atoms with Gasteiger partial charge >= 0.3 is 0 Å². The zero-order chi connectivity index (χ0) is 10.6. The van der Waals surface area contributed by atoms with E-state index in [-0.39, 0.29) is 11.7 Å². The topological polar surface area (TPSA) is 46.2 Å². The number of Topliss-reactive ketones (excluding diaryl/α,β-unsaturated/α-hetero) is 1. The number of nitrogens with one attached hydrogen (secondary N) is 1. The maximum Gasteiger partial charge on any atom is 0.234 e. The van der Waals surface area contributed by atoms with Crippen molar-refractivity contribution in [3.05, 3.63) is 30.3 Å². The molecule has 0 aliphatic carbocycles. The minimum Gasteiger partial charge on any atom is -0.325 e. The van der Waals surface area contributed by atoms with Crippen molar-refractivity contribution in [2.75, 3.05) is 5.32 Å². The molecule has 0 radical (unpaired) electrons. The van der Waals surface area contributed by atoms with Gasteiger partial charge in [-0.15, -0.1) is 0 Å². The highest BCUT2D eigenvalue weighted by molar-refractivity contribution is 6.06. The molecule has 1 aromatic rings. The molecule has 0 fully saturated rings. The SMILES string of the molecule is CC(=O)[C@@H](C)C(=O)Nc1ccccc1. The zero-order valence-electron chi connectivity index (χ0n) is 8.28. The van der Waals surface area contributed by atoms with E-state index in [0.717, 1.165) is 0 Å². The Morgan fingerprint density at radius 3 is 2.29 bits per heavy atom. The average molecular weight is 191 g/mol. The maximum atomic E-state index is 11.4. The van der Waals surface area contributed by atoms with Gasteiger partial charge in [-0.25, -0.2) is 0 Å². The van der Waals surface area contributed by atoms with Crippen molar-refractivity contribution in [2.45, 2.75) is 13.8 Å². The first-order valence-electron chi connectivity index (χ1n) is 4.47. The summed E-state index contributed by atoms with van der Waals surface area (Å²) < 4.78 is 0. The fraction of sp³-hybridized carbons (Fsp3) is 0.273. The molecule has 1 N–H and O–H groups in total. The fourth-order valence-electron chi connectivity index (χ4n) is 0.957. The van der Waals surface area contributed by atoms with Crippen molar-refractivity contribution in [2.24, 2.45) is 5.92 Å². The maximum absolute atomic E-state index is 11.4. The lowest BCUT2D eigenvalue weighted by atomic mass is 10.1. The Kier molecular flexibility index (Phi) is 3.40. The molecular formula is C11H13NO2. The monoisotopic (exact) mass is 191 g/mol. The van der Waals surface area contributed by atoms with Crippen LogP contribution in [0.2, 0.25) is 0 Å². The van der Waals surface area contributed by atoms with Crippen LogP contribution in [0.5, 0.6) is 0 Å². The largest absolute Gasteiger partial charge is 0.325 e. The van der Waals surface area contributed by atoms with E-state index in [0.29, 0.717) is 5.69 Å². The number of amides is 1. The summed E-state index contributed by atoms with van der Waals surface area (Å²) in [5, 5.41) is 2.66. The zero-order valence-corrected chi connectivity index (χ0v) is 8.28. The summed E-state index contributed by atoms with van der Waals surface area (Å²) >= 11 is 0. The van der Waals surface area contributed by atoms with Gasteiger partial charge in [0.25, 0.3) is 0 Å². The van der Waals surface area contributed by atoms with E-state index in [4.69, 9.17) is 0 Å². The number of carbonyl (C=O) groups is 2. The first-order valence-corrected chi connectivity index (χ1v) is 4.47. The van der Waals surface area contributed by atoms with Crippen molar-refractivity contribution in [3.8, 4) is 0 Å². The fourth-order valence-corrected chi connectivity index (χ4v) is 0.957. The Labute approximate surface area is 83.1 Å². The van der Waals surface area contributed by atoms with Gasteiger partial charge in [-0.05, 0) is 26.0 Å². The van der Waals surface area contributed by atoms with Gasteiger partial charge in [-0.1, -0.05) is 18.2 Å². The predicted octanol–water partition coefficient (Wildman–Crippen LogP) is 1.85. The Balaban J connectivity index is 2.62. The Hall–Kier alpha value is -1.64. The van der Waals surface area contributed by atoms with Crippen molar-refractivity contribution in [3.63, 3.8) is 0 Å². The molecular weight excluding hydrogens is 178 g/mol. The molecule has 1 rings (SSSR count). The van der Waals surface area contributed by atoms with Gasteiger partial charge in [0, 0.05) is 5.69 Å². The summed E-state index contributed by atoms with van der Waals surface area (Å²) in [7, 11) is 0. The van der Waals surface area contributed by atoms with Crippen LogP contribution in [0.25, 0.3) is 0 Å². The van der Waals surface area contributed by atoms with Crippen LogP contribution in [0.4, 0.5) is 5.69 Å². The van der Waals surface area contributed by atoms with Crippen LogP contribution in [0, 0.1) is 5.92 Å². The first-order chi connectivity index (χ1) is 6.61. The molecule has 0 saturated heterocycles. The third-order valence-corrected chi connectivity index (χ3v) is 2.04. The van der Waals surface area contributed by atoms with Crippen LogP contribution in [-0.4, -0.2) is 11.7 Å². The lowest BCUT2D eigenvalue weighted by molar-refractivity contribution is -0.129. The van der Waals surface area contributed by atoms with Gasteiger partial charge in [-0.3, -0.25) is 9.59 Å². The number of hydrogen-bond donors (Lipinski definition) is 1. The lowest BCUT2D eigenvalue weighted by Gasteiger charge is -2.08. The molecule has 0 aliphatic rings. The van der Waals surface area contributed by atoms with Crippen LogP contribution in [0.3, 0.4) is 0 Å². The second-order valence-electron chi connectivity index (χ2n) is 3.19. The number of carbonyl (C=O) groups excluding carboxylic acids is 2. The highest BCUT2D eigenvalue weighted by Gasteiger charge is 2.16. The van der Waals surface area contributed by atoms with Gasteiger partial charge < -0.3 is 5.32 Å². The number of hydrogen-bond acceptors (Lipinski definition) is 2. The summed E-state index contributed by atoms with van der Waals surface area (Å²) in [6.45, 7) is 3.01. The highest BCUT2D eigenvalue weighted by Crippen LogP contribution is 2.07. The van der Waals surface area contributed by atoms with E-state index in [1.165, 1.54) is 6.92 Å². The van der Waals surface area contributed by atoms with Crippen molar-refractivity contribution in [1.82, 2.24) is 0 Å². The number of benzene rings is 1. The van der Waals surface area contributed by atoms with Gasteiger partial charge in [0.2, 0.25) is 5.91 Å². The smallest absolute Gasteiger partial charge is 0.234 e. The van der Waals surface area contributed by atoms with E-state index in [9.17, 15) is 9.59 Å². The summed E-state index contributed by atoms with van der Waals surface area (Å²) in [6.07, 6.45) is 0. The molecule has 0 bridgehead atoms. The minimum absolute atomic E-state index is 0.126. The third kappa shape index (κ3) is 2.69. The van der Waals surface area contributed by atoms with E-state index in [1.54, 1.807) is 19.1 Å². The molecule has 0 heterocycles. The molecule has 1 atom stereocenters. The molecule has 1 amide bonds. The molecule has 0 unspecified atom stereocenters. The molecule has 3 nitrogen and oxygen atoms in total. The van der Waals surface area contributed by atoms with Crippen LogP contribution >= 0.6 is 0 Å². The predicted molar refractivity (Wildman–Crippen MR) is 54.9 cm³/mol. The van der Waals surface area contributed by atoms with Crippen LogP contribution < -0.4 is 5.32 Å². The van der Waals surface area contributed by atoms with E-state index in [1.807, 2.05) is 18.2 Å². The van der Waals surface area contributed by atoms with Gasteiger partial charge in [0.15, 0.2) is 0 Å². The van der Waals surface area contributed by atoms with Crippen molar-refractivity contribution >= 4 is 17.4 Å². The summed E-state index contributed by atoms with van der Waals surface area (Å²) in [5.74, 6) is -0.975. The van der Waals surface area contributed by atoms with Gasteiger partial charge in [-0.2, -0.15) is 0 Å². The number of ketones is 1. The Morgan fingerprint density at radius 1 is 1.21 bits per heavy atom. The summed E-state index contributed by atoms with van der Waals surface area (Å²) in [6, 6.07) is 9.08. The Bertz CT molecular complexity index is 332. The lowest BCUT2D eigenvalue weighted by Crippen LogP contribution is -2.25. The van der Waals surface area contributed by atoms with Gasteiger partial charge in [0.1, 0.15) is 5.78 Å². The first kappa shape index (κ1) is 10.4. The average Bonchev–Trinajstić information content (AvgIpc) is 2.18. The van der Waals surface area contributed by atoms with Crippen LogP contribution in [0.1, 0.15) is 13.8 Å². The molecule has 0 saturated carbocycles. The number of anilines is 1. The molecule has 3 heteroatoms. The van der Waals surface area contributed by atoms with Crippen molar-refractivity contribution in [1.29, 1.82) is 0 Å². The molecule has 0 aliphatic heterocycles. The second kappa shape index (κ2) is 4.56. The molecule has 0 aromatic heterocycles. The van der Waals surface area contributed by atoms with Crippen LogP contribution in [-0.2, 0) is 9.59 Å². The number of rotatable bonds is 3. The quantitative estimate of drug-likeness (QED) is 0.741. The molecule has 14 heavy (non-hydrogen) atoms. The Morgan fingerprint density at radius 2 is 1.79 bits per heavy atom. The number of para-hydroxylation sites is 1. The summed E-state index contributed by atoms with van der Waals surface area (Å²) in [4.78, 5) is 22.3. The molecule has 1 aromatic carbocycles. The standard InChI is InChI=1S/C11H13NO2/c1-8(9(2)13)11(14)12-10-6-4-3-5-7-10/h3-8H,1-2H3,(H,12,14)/t8-/m1/s1. The van der Waals surface area contributed by atoms with Gasteiger partial charge in [0.05, 0.1) is 5.92 Å². The van der Waals surface area contributed by atoms with Crippen molar-refractivity contribution < 1.29 is 9.59 Å². The summed E-state index contributed by atoms with van der Waals surface area (Å²) in [5.41, 5.74) is 0.714. The highest BCUT2D eigenvalue weighted by atomic mass is 16.2. The third-order valence-electron chi connectivity index (χ3n) is 2.04. The van der Waals surface area contributed by atoms with E-state index < -0.39 is 5.92 Å². The molecule has 0 spiro atoms. The normalized spacial score (nSPS) is 11.9. The van der Waals surface area contributed by atoms with E-state index >= 15 is 0 Å². The van der Waals surface area contributed by atoms with Crippen LogP contribution in [0.15, 0.2) is 30.3 Å². The minimum atomic E-state index is -0.588. The molecule has 74 valence electrons.